The van der Waals surface area contributed by atoms with E-state index >= 15 is 0 Å². The molecule has 4 aromatic heterocycles. The molecule has 218 valence electrons. The Morgan fingerprint density at radius 3 is 1.26 bits per heavy atom. The Kier molecular flexibility index (Phi) is 8.59. The van der Waals surface area contributed by atoms with Crippen molar-refractivity contribution in [1.29, 1.82) is 0 Å². The second-order valence-corrected chi connectivity index (χ2v) is 10.7. The molecule has 6 aromatic rings. The van der Waals surface area contributed by atoms with Crippen LogP contribution in [0.4, 0.5) is 0 Å². The van der Waals surface area contributed by atoms with Gasteiger partial charge in [0.1, 0.15) is 0 Å². The number of hydrogen-bond acceptors (Lipinski definition) is 8. The molecule has 42 heavy (non-hydrogen) atoms. The van der Waals surface area contributed by atoms with Gasteiger partial charge in [-0.25, -0.2) is 9.59 Å². The number of hydrogen-bond donors (Lipinski definition) is 0. The van der Waals surface area contributed by atoms with Crippen LogP contribution < -0.4 is 20.7 Å². The summed E-state index contributed by atoms with van der Waals surface area (Å²) in [5.41, 5.74) is 1.29. The lowest BCUT2D eigenvalue weighted by Crippen LogP contribution is -2.01. The minimum absolute atomic E-state index is 0.403. The lowest BCUT2D eigenvalue weighted by atomic mass is 10.1. The SMILES string of the molecule is O=c1ccc2cc3ccoc3c(OCCCCCCCCCCCCOc3c4occc4cc4ccc(=O)oc34)c2o1. The summed E-state index contributed by atoms with van der Waals surface area (Å²) in [6.45, 7) is 1.10. The van der Waals surface area contributed by atoms with Crippen LogP contribution in [-0.2, 0) is 0 Å². The molecule has 0 aliphatic heterocycles. The maximum atomic E-state index is 11.8. The molecular formula is C34H34O8. The van der Waals surface area contributed by atoms with E-state index in [-0.39, 0.29) is 0 Å². The van der Waals surface area contributed by atoms with E-state index in [1.54, 1.807) is 24.7 Å². The molecule has 0 saturated carbocycles. The molecule has 0 aliphatic carbocycles. The molecule has 0 unspecified atom stereocenters. The van der Waals surface area contributed by atoms with Gasteiger partial charge >= 0.3 is 11.3 Å². The largest absolute Gasteiger partial charge is 0.486 e. The van der Waals surface area contributed by atoms with E-state index in [9.17, 15) is 9.59 Å². The predicted molar refractivity (Wildman–Crippen MR) is 162 cm³/mol. The van der Waals surface area contributed by atoms with E-state index in [1.165, 1.54) is 50.7 Å². The Hall–Kier alpha value is -4.46. The van der Waals surface area contributed by atoms with Crippen molar-refractivity contribution in [2.24, 2.45) is 0 Å². The van der Waals surface area contributed by atoms with Gasteiger partial charge in [-0.3, -0.25) is 0 Å². The van der Waals surface area contributed by atoms with Crippen LogP contribution in [-0.4, -0.2) is 13.2 Å². The summed E-state index contributed by atoms with van der Waals surface area (Å²) < 4.78 is 34.1. The van der Waals surface area contributed by atoms with Crippen LogP contribution in [0.1, 0.15) is 64.2 Å². The van der Waals surface area contributed by atoms with Crippen LogP contribution in [0.25, 0.3) is 43.9 Å². The number of unbranched alkanes of at least 4 members (excludes halogenated alkanes) is 9. The predicted octanol–water partition coefficient (Wildman–Crippen LogP) is 8.75. The molecule has 0 atom stereocenters. The molecule has 0 amide bonds. The van der Waals surface area contributed by atoms with E-state index in [4.69, 9.17) is 27.1 Å². The van der Waals surface area contributed by atoms with Crippen molar-refractivity contribution in [1.82, 2.24) is 0 Å². The molecule has 2 aromatic carbocycles. The second-order valence-electron chi connectivity index (χ2n) is 10.7. The summed E-state index contributed by atoms with van der Waals surface area (Å²) in [5, 5.41) is 3.49. The molecule has 0 saturated heterocycles. The first-order valence-electron chi connectivity index (χ1n) is 14.8. The molecule has 0 bridgehead atoms. The third-order valence-electron chi connectivity index (χ3n) is 7.60. The fourth-order valence-electron chi connectivity index (χ4n) is 5.44. The van der Waals surface area contributed by atoms with Crippen molar-refractivity contribution >= 4 is 43.9 Å². The number of furan rings is 2. The van der Waals surface area contributed by atoms with Crippen LogP contribution >= 0.6 is 0 Å². The average Bonchev–Trinajstić information content (AvgIpc) is 3.66. The highest BCUT2D eigenvalue weighted by atomic mass is 16.5. The van der Waals surface area contributed by atoms with Crippen molar-refractivity contribution in [3.05, 3.63) is 81.9 Å². The lowest BCUT2D eigenvalue weighted by molar-refractivity contribution is 0.300. The van der Waals surface area contributed by atoms with Gasteiger partial charge in [-0.15, -0.1) is 0 Å². The maximum absolute atomic E-state index is 11.8. The highest BCUT2D eigenvalue weighted by Gasteiger charge is 2.16. The van der Waals surface area contributed by atoms with Gasteiger partial charge in [0.2, 0.25) is 11.5 Å². The second kappa shape index (κ2) is 13.0. The molecule has 0 spiro atoms. The van der Waals surface area contributed by atoms with Gasteiger partial charge < -0.3 is 27.1 Å². The van der Waals surface area contributed by atoms with Crippen LogP contribution in [0.2, 0.25) is 0 Å². The molecule has 0 aliphatic rings. The molecule has 8 nitrogen and oxygen atoms in total. The van der Waals surface area contributed by atoms with Crippen molar-refractivity contribution in [3.8, 4) is 11.5 Å². The quantitative estimate of drug-likeness (QED) is 0.0891. The van der Waals surface area contributed by atoms with E-state index in [0.717, 1.165) is 47.2 Å². The Bertz CT molecular complexity index is 1760. The summed E-state index contributed by atoms with van der Waals surface area (Å²) >= 11 is 0. The first-order valence-corrected chi connectivity index (χ1v) is 14.8. The first-order chi connectivity index (χ1) is 20.7. The summed E-state index contributed by atoms with van der Waals surface area (Å²) in [6.07, 6.45) is 14.5. The molecule has 0 fully saturated rings. The Morgan fingerprint density at radius 1 is 0.452 bits per heavy atom. The molecular weight excluding hydrogens is 536 g/mol. The number of ether oxygens (including phenoxy) is 2. The zero-order valence-electron chi connectivity index (χ0n) is 23.5. The van der Waals surface area contributed by atoms with Crippen molar-refractivity contribution in [2.45, 2.75) is 64.2 Å². The van der Waals surface area contributed by atoms with Crippen LogP contribution in [0, 0.1) is 0 Å². The zero-order valence-corrected chi connectivity index (χ0v) is 23.5. The van der Waals surface area contributed by atoms with E-state index < -0.39 is 11.3 Å². The average molecular weight is 571 g/mol. The number of benzene rings is 2. The fourth-order valence-corrected chi connectivity index (χ4v) is 5.44. The van der Waals surface area contributed by atoms with Gasteiger partial charge in [-0.1, -0.05) is 51.4 Å². The number of fused-ring (bicyclic) bond motifs is 4. The van der Waals surface area contributed by atoms with Crippen LogP contribution in [0.3, 0.4) is 0 Å². The van der Waals surface area contributed by atoms with Gasteiger partial charge in [0, 0.05) is 33.7 Å². The topological polar surface area (TPSA) is 105 Å². The Labute approximate surface area is 241 Å². The fraction of sp³-hybridized carbons (Fsp3) is 0.353. The third-order valence-corrected chi connectivity index (χ3v) is 7.60. The van der Waals surface area contributed by atoms with Gasteiger partial charge in [0.15, 0.2) is 22.3 Å². The number of rotatable bonds is 15. The van der Waals surface area contributed by atoms with Gasteiger partial charge in [-0.05, 0) is 49.2 Å². The smallest absolute Gasteiger partial charge is 0.336 e. The van der Waals surface area contributed by atoms with Gasteiger partial charge in [-0.2, -0.15) is 0 Å². The highest BCUT2D eigenvalue weighted by Crippen LogP contribution is 2.36. The Morgan fingerprint density at radius 2 is 0.833 bits per heavy atom. The molecule has 0 radical (unpaired) electrons. The minimum Gasteiger partial charge on any atom is -0.486 e. The van der Waals surface area contributed by atoms with E-state index in [0.29, 0.717) is 47.0 Å². The summed E-state index contributed by atoms with van der Waals surface area (Å²) in [7, 11) is 0. The lowest BCUT2D eigenvalue weighted by Gasteiger charge is -2.09. The normalized spacial score (nSPS) is 11.7. The summed E-state index contributed by atoms with van der Waals surface area (Å²) in [4.78, 5) is 23.5. The standard InChI is InChI=1S/C34H34O8/c35-27-13-11-23-21-25-15-19-39-29(25)33(31(23)41-27)37-17-9-7-5-3-1-2-4-6-8-10-18-38-34-30-26(16-20-40-30)22-24-12-14-28(36)42-32(24)34/h11-16,19-22H,1-10,17-18H2. The third kappa shape index (κ3) is 6.22. The Balaban J connectivity index is 0.848. The summed E-state index contributed by atoms with van der Waals surface area (Å²) in [6, 6.07) is 14.0. The van der Waals surface area contributed by atoms with E-state index in [2.05, 4.69) is 0 Å². The van der Waals surface area contributed by atoms with Crippen LogP contribution in [0.5, 0.6) is 11.5 Å². The van der Waals surface area contributed by atoms with Gasteiger partial charge in [0.05, 0.1) is 25.7 Å². The van der Waals surface area contributed by atoms with E-state index in [1.807, 2.05) is 24.3 Å². The molecule has 4 heterocycles. The first kappa shape index (κ1) is 27.7. The van der Waals surface area contributed by atoms with Crippen molar-refractivity contribution in [3.63, 3.8) is 0 Å². The van der Waals surface area contributed by atoms with Crippen molar-refractivity contribution < 1.29 is 27.1 Å². The van der Waals surface area contributed by atoms with Crippen molar-refractivity contribution in [2.75, 3.05) is 13.2 Å². The monoisotopic (exact) mass is 570 g/mol. The molecule has 8 heteroatoms. The van der Waals surface area contributed by atoms with Gasteiger partial charge in [0.25, 0.3) is 0 Å². The van der Waals surface area contributed by atoms with Crippen LogP contribution in [0.15, 0.2) is 88.3 Å². The molecule has 0 N–H and O–H groups in total. The highest BCUT2D eigenvalue weighted by molar-refractivity contribution is 6.00. The maximum Gasteiger partial charge on any atom is 0.336 e. The minimum atomic E-state index is -0.403. The summed E-state index contributed by atoms with van der Waals surface area (Å²) in [5.74, 6) is 1.02. The molecule has 6 rings (SSSR count). The zero-order chi connectivity index (χ0) is 28.7.